The highest BCUT2D eigenvalue weighted by molar-refractivity contribution is 6.74. The first kappa shape index (κ1) is 17.2. The molecule has 0 bridgehead atoms. The maximum atomic E-state index is 13.5. The molecule has 1 atom stereocenters. The summed E-state index contributed by atoms with van der Waals surface area (Å²) in [7, 11) is -1.92. The minimum Gasteiger partial charge on any atom is -0.412 e. The van der Waals surface area contributed by atoms with Gasteiger partial charge in [-0.2, -0.15) is 0 Å². The smallest absolute Gasteiger partial charge is 0.223 e. The molecule has 0 radical (unpaired) electrons. The Bertz CT molecular complexity index is 581. The minimum atomic E-state index is -1.92. The molecule has 1 heterocycles. The summed E-state index contributed by atoms with van der Waals surface area (Å²) in [5, 5.41) is 0.107. The molecule has 0 N–H and O–H groups in total. The van der Waals surface area contributed by atoms with E-state index in [1.807, 2.05) is 0 Å². The van der Waals surface area contributed by atoms with E-state index in [0.29, 0.717) is 13.0 Å². The fourth-order valence-electron chi connectivity index (χ4n) is 2.56. The average molecular weight is 323 g/mol. The highest BCUT2D eigenvalue weighted by Gasteiger charge is 2.40. The van der Waals surface area contributed by atoms with Gasteiger partial charge in [0.1, 0.15) is 5.82 Å². The Kier molecular flexibility index (Phi) is 4.50. The van der Waals surface area contributed by atoms with Crippen molar-refractivity contribution in [2.75, 3.05) is 11.4 Å². The maximum Gasteiger partial charge on any atom is 0.223 e. The van der Waals surface area contributed by atoms with E-state index < -0.39 is 8.32 Å². The molecule has 0 fully saturated rings. The van der Waals surface area contributed by atoms with Crippen molar-refractivity contribution in [1.82, 2.24) is 0 Å². The van der Waals surface area contributed by atoms with Crippen molar-refractivity contribution in [3.8, 4) is 0 Å². The molecule has 1 aromatic carbocycles. The van der Waals surface area contributed by atoms with Crippen molar-refractivity contribution in [3.05, 3.63) is 29.6 Å². The van der Waals surface area contributed by atoms with Gasteiger partial charge in [-0.25, -0.2) is 4.39 Å². The van der Waals surface area contributed by atoms with E-state index in [1.165, 1.54) is 12.1 Å². The summed E-state index contributed by atoms with van der Waals surface area (Å²) in [4.78, 5) is 13.6. The topological polar surface area (TPSA) is 29.5 Å². The third kappa shape index (κ3) is 3.41. The van der Waals surface area contributed by atoms with Gasteiger partial charge in [-0.05, 0) is 41.9 Å². The van der Waals surface area contributed by atoms with Gasteiger partial charge in [-0.1, -0.05) is 20.8 Å². The standard InChI is InChI=1S/C17H26FNO2Si/c1-12(20)19-11-15(21-22(5,6)17(2,3)4)10-13-9-14(18)7-8-16(13)19/h7-9,15H,10-11H2,1-6H3/t15-/m1/s1. The zero-order chi connectivity index (χ0) is 16.7. The van der Waals surface area contributed by atoms with E-state index in [1.54, 1.807) is 17.9 Å². The van der Waals surface area contributed by atoms with Crippen LogP contribution in [0.4, 0.5) is 10.1 Å². The van der Waals surface area contributed by atoms with E-state index in [9.17, 15) is 9.18 Å². The highest BCUT2D eigenvalue weighted by atomic mass is 28.4. The molecule has 122 valence electrons. The van der Waals surface area contributed by atoms with E-state index in [0.717, 1.165) is 11.3 Å². The predicted octanol–water partition coefficient (Wildman–Crippen LogP) is 4.13. The van der Waals surface area contributed by atoms with Crippen LogP contribution in [0.15, 0.2) is 18.2 Å². The van der Waals surface area contributed by atoms with E-state index in [-0.39, 0.29) is 22.9 Å². The number of rotatable bonds is 2. The third-order valence-electron chi connectivity index (χ3n) is 4.81. The van der Waals surface area contributed by atoms with Gasteiger partial charge in [0, 0.05) is 19.0 Å². The quantitative estimate of drug-likeness (QED) is 0.766. The van der Waals surface area contributed by atoms with E-state index in [4.69, 9.17) is 4.43 Å². The first-order valence-corrected chi connectivity index (χ1v) is 10.7. The van der Waals surface area contributed by atoms with Crippen LogP contribution in [0.5, 0.6) is 0 Å². The van der Waals surface area contributed by atoms with Crippen molar-refractivity contribution < 1.29 is 13.6 Å². The molecule has 1 aliphatic rings. The fraction of sp³-hybridized carbons (Fsp3) is 0.588. The molecule has 0 unspecified atom stereocenters. The normalized spacial score (nSPS) is 19.0. The molecule has 0 saturated heterocycles. The average Bonchev–Trinajstić information content (AvgIpc) is 2.35. The second kappa shape index (κ2) is 5.78. The summed E-state index contributed by atoms with van der Waals surface area (Å²) in [5.74, 6) is -0.299. The van der Waals surface area contributed by atoms with E-state index >= 15 is 0 Å². The second-order valence-electron chi connectivity index (χ2n) is 7.61. The van der Waals surface area contributed by atoms with Gasteiger partial charge >= 0.3 is 0 Å². The van der Waals surface area contributed by atoms with E-state index in [2.05, 4.69) is 33.9 Å². The predicted molar refractivity (Wildman–Crippen MR) is 90.2 cm³/mol. The zero-order valence-electron chi connectivity index (χ0n) is 14.4. The lowest BCUT2D eigenvalue weighted by atomic mass is 9.99. The van der Waals surface area contributed by atoms with Crippen LogP contribution in [-0.2, 0) is 15.6 Å². The van der Waals surface area contributed by atoms with Gasteiger partial charge in [-0.15, -0.1) is 0 Å². The summed E-state index contributed by atoms with van der Waals surface area (Å²) in [5.41, 5.74) is 1.66. The molecule has 1 amide bonds. The van der Waals surface area contributed by atoms with Crippen molar-refractivity contribution in [1.29, 1.82) is 0 Å². The second-order valence-corrected chi connectivity index (χ2v) is 12.4. The Morgan fingerprint density at radius 1 is 1.36 bits per heavy atom. The van der Waals surface area contributed by atoms with Crippen LogP contribution in [-0.4, -0.2) is 26.9 Å². The monoisotopic (exact) mass is 323 g/mol. The Hall–Kier alpha value is -1.20. The number of hydrogen-bond acceptors (Lipinski definition) is 2. The largest absolute Gasteiger partial charge is 0.412 e. The number of hydrogen-bond donors (Lipinski definition) is 0. The first-order chi connectivity index (χ1) is 10.0. The molecule has 0 saturated carbocycles. The van der Waals surface area contributed by atoms with Crippen LogP contribution >= 0.6 is 0 Å². The molecule has 1 aliphatic heterocycles. The summed E-state index contributed by atoms with van der Waals surface area (Å²) < 4.78 is 20.0. The lowest BCUT2D eigenvalue weighted by molar-refractivity contribution is -0.117. The number of fused-ring (bicyclic) bond motifs is 1. The van der Waals surface area contributed by atoms with Crippen LogP contribution < -0.4 is 4.90 Å². The molecular formula is C17H26FNO2Si. The summed E-state index contributed by atoms with van der Waals surface area (Å²) in [6, 6.07) is 4.62. The minimum absolute atomic E-state index is 0.0311. The Labute approximate surface area is 133 Å². The summed E-state index contributed by atoms with van der Waals surface area (Å²) in [6.07, 6.45) is 0.586. The number of amides is 1. The van der Waals surface area contributed by atoms with Gasteiger partial charge in [-0.3, -0.25) is 4.79 Å². The number of nitrogens with zero attached hydrogens (tertiary/aromatic N) is 1. The van der Waals surface area contributed by atoms with Gasteiger partial charge in [0.15, 0.2) is 8.32 Å². The number of carbonyl (C=O) groups excluding carboxylic acids is 1. The molecule has 0 spiro atoms. The van der Waals surface area contributed by atoms with Gasteiger partial charge in [0.25, 0.3) is 0 Å². The van der Waals surface area contributed by atoms with Crippen LogP contribution in [0.1, 0.15) is 33.3 Å². The summed E-state index contributed by atoms with van der Waals surface area (Å²) >= 11 is 0. The van der Waals surface area contributed by atoms with Crippen molar-refractivity contribution >= 4 is 19.9 Å². The third-order valence-corrected chi connectivity index (χ3v) is 9.35. The van der Waals surface area contributed by atoms with Crippen LogP contribution in [0, 0.1) is 5.82 Å². The van der Waals surface area contributed by atoms with Gasteiger partial charge in [0.05, 0.1) is 12.6 Å². The van der Waals surface area contributed by atoms with Crippen molar-refractivity contribution in [3.63, 3.8) is 0 Å². The molecule has 1 aromatic rings. The molecular weight excluding hydrogens is 297 g/mol. The van der Waals surface area contributed by atoms with Crippen LogP contribution in [0.2, 0.25) is 18.1 Å². The Morgan fingerprint density at radius 3 is 2.55 bits per heavy atom. The Balaban J connectivity index is 2.29. The van der Waals surface area contributed by atoms with Crippen molar-refractivity contribution in [2.24, 2.45) is 0 Å². The van der Waals surface area contributed by atoms with Gasteiger partial charge < -0.3 is 9.33 Å². The first-order valence-electron chi connectivity index (χ1n) is 7.75. The summed E-state index contributed by atoms with van der Waals surface area (Å²) in [6.45, 7) is 13.1. The molecule has 2 rings (SSSR count). The Morgan fingerprint density at radius 2 is 2.00 bits per heavy atom. The molecule has 22 heavy (non-hydrogen) atoms. The number of carbonyl (C=O) groups is 1. The lowest BCUT2D eigenvalue weighted by Gasteiger charge is -2.42. The SMILES string of the molecule is CC(=O)N1C[C@H](O[Si](C)(C)C(C)(C)C)Cc2cc(F)ccc21. The maximum absolute atomic E-state index is 13.5. The highest BCUT2D eigenvalue weighted by Crippen LogP contribution is 2.39. The van der Waals surface area contributed by atoms with Crippen LogP contribution in [0.25, 0.3) is 0 Å². The van der Waals surface area contributed by atoms with Crippen molar-refractivity contribution in [2.45, 2.75) is 58.4 Å². The van der Waals surface area contributed by atoms with Crippen LogP contribution in [0.3, 0.4) is 0 Å². The molecule has 0 aliphatic carbocycles. The number of anilines is 1. The molecule has 5 heteroatoms. The molecule has 0 aromatic heterocycles. The number of halogens is 1. The molecule has 3 nitrogen and oxygen atoms in total. The number of benzene rings is 1. The van der Waals surface area contributed by atoms with Gasteiger partial charge in [0.2, 0.25) is 5.91 Å². The zero-order valence-corrected chi connectivity index (χ0v) is 15.4. The lowest BCUT2D eigenvalue weighted by Crippen LogP contribution is -2.50. The fourth-order valence-corrected chi connectivity index (χ4v) is 3.91.